The van der Waals surface area contributed by atoms with E-state index in [0.717, 1.165) is 16.7 Å². The van der Waals surface area contributed by atoms with Crippen LogP contribution in [0.2, 0.25) is 0 Å². The highest BCUT2D eigenvalue weighted by molar-refractivity contribution is 7.92. The lowest BCUT2D eigenvalue weighted by molar-refractivity contribution is 0.563. The van der Waals surface area contributed by atoms with E-state index in [-0.39, 0.29) is 0 Å². The standard InChI is InChI=1S/C17H17N5O2S/c1-14(17-18-20-21-22(17)16-10-6-3-7-11-16)19-25(23,24)13-12-15-8-4-2-5-9-15/h2-14,19H,1H3/b13-12+. The van der Waals surface area contributed by atoms with E-state index >= 15 is 0 Å². The molecule has 0 amide bonds. The van der Waals surface area contributed by atoms with Crippen LogP contribution in [-0.4, -0.2) is 28.6 Å². The highest BCUT2D eigenvalue weighted by atomic mass is 32.2. The number of hydrogen-bond donors (Lipinski definition) is 1. The van der Waals surface area contributed by atoms with E-state index in [1.54, 1.807) is 6.92 Å². The Morgan fingerprint density at radius 1 is 1.04 bits per heavy atom. The molecule has 0 spiro atoms. The number of benzene rings is 2. The van der Waals surface area contributed by atoms with Gasteiger partial charge < -0.3 is 0 Å². The SMILES string of the molecule is CC(NS(=O)(=O)/C=C/c1ccccc1)c1nnnn1-c1ccccc1. The minimum absolute atomic E-state index is 0.405. The average Bonchev–Trinajstić information content (AvgIpc) is 3.11. The fraction of sp³-hybridized carbons (Fsp3) is 0.118. The van der Waals surface area contributed by atoms with Crippen LogP contribution in [0.3, 0.4) is 0 Å². The van der Waals surface area contributed by atoms with Gasteiger partial charge in [-0.2, -0.15) is 4.68 Å². The van der Waals surface area contributed by atoms with Crippen LogP contribution in [0, 0.1) is 0 Å². The Kier molecular flexibility index (Phi) is 5.01. The van der Waals surface area contributed by atoms with Crippen molar-refractivity contribution in [1.29, 1.82) is 0 Å². The largest absolute Gasteiger partial charge is 0.234 e. The van der Waals surface area contributed by atoms with Gasteiger partial charge in [-0.05, 0) is 41.1 Å². The molecule has 0 aliphatic carbocycles. The highest BCUT2D eigenvalue weighted by Gasteiger charge is 2.20. The molecule has 0 aliphatic heterocycles. The van der Waals surface area contributed by atoms with Gasteiger partial charge in [0.15, 0.2) is 5.82 Å². The number of rotatable bonds is 6. The van der Waals surface area contributed by atoms with Gasteiger partial charge in [0.2, 0.25) is 10.0 Å². The Bertz CT molecular complexity index is 953. The molecule has 1 aromatic heterocycles. The molecule has 3 rings (SSSR count). The zero-order chi connectivity index (χ0) is 17.7. The lowest BCUT2D eigenvalue weighted by Crippen LogP contribution is -2.27. The van der Waals surface area contributed by atoms with Crippen molar-refractivity contribution in [3.8, 4) is 5.69 Å². The Morgan fingerprint density at radius 3 is 2.36 bits per heavy atom. The van der Waals surface area contributed by atoms with Crippen molar-refractivity contribution in [2.45, 2.75) is 13.0 Å². The van der Waals surface area contributed by atoms with Crippen LogP contribution < -0.4 is 4.72 Å². The first-order chi connectivity index (χ1) is 12.1. The molecule has 0 fully saturated rings. The van der Waals surface area contributed by atoms with E-state index in [2.05, 4.69) is 20.2 Å². The maximum Gasteiger partial charge on any atom is 0.234 e. The fourth-order valence-corrected chi connectivity index (χ4v) is 3.30. The Hall–Kier alpha value is -2.84. The van der Waals surface area contributed by atoms with Crippen LogP contribution in [0.1, 0.15) is 24.4 Å². The molecule has 1 heterocycles. The van der Waals surface area contributed by atoms with E-state index in [9.17, 15) is 8.42 Å². The molecule has 1 N–H and O–H groups in total. The number of para-hydroxylation sites is 1. The summed E-state index contributed by atoms with van der Waals surface area (Å²) in [6.07, 6.45) is 1.54. The molecule has 7 nitrogen and oxygen atoms in total. The zero-order valence-corrected chi connectivity index (χ0v) is 14.3. The van der Waals surface area contributed by atoms with Gasteiger partial charge in [0.1, 0.15) is 0 Å². The molecule has 1 unspecified atom stereocenters. The molecule has 0 saturated carbocycles. The van der Waals surface area contributed by atoms with Crippen molar-refractivity contribution < 1.29 is 8.42 Å². The van der Waals surface area contributed by atoms with Gasteiger partial charge >= 0.3 is 0 Å². The van der Waals surface area contributed by atoms with Crippen LogP contribution in [-0.2, 0) is 10.0 Å². The van der Waals surface area contributed by atoms with Crippen molar-refractivity contribution in [2.75, 3.05) is 0 Å². The second-order valence-corrected chi connectivity index (χ2v) is 6.98. The summed E-state index contributed by atoms with van der Waals surface area (Å²) in [5.41, 5.74) is 1.56. The molecule has 0 aliphatic rings. The van der Waals surface area contributed by atoms with Crippen molar-refractivity contribution in [3.63, 3.8) is 0 Å². The summed E-state index contributed by atoms with van der Waals surface area (Å²) in [5, 5.41) is 12.7. The summed E-state index contributed by atoms with van der Waals surface area (Å²) in [5.74, 6) is 0.405. The minimum atomic E-state index is -3.64. The van der Waals surface area contributed by atoms with Gasteiger partial charge in [-0.3, -0.25) is 0 Å². The lowest BCUT2D eigenvalue weighted by Gasteiger charge is -2.12. The molecule has 3 aromatic rings. The van der Waals surface area contributed by atoms with E-state index in [1.165, 1.54) is 10.8 Å². The number of nitrogens with zero attached hydrogens (tertiary/aromatic N) is 4. The van der Waals surface area contributed by atoms with Gasteiger partial charge in [-0.1, -0.05) is 48.5 Å². The Labute approximate surface area is 146 Å². The molecular formula is C17H17N5O2S. The van der Waals surface area contributed by atoms with E-state index in [4.69, 9.17) is 0 Å². The summed E-state index contributed by atoms with van der Waals surface area (Å²) in [6, 6.07) is 17.9. The molecule has 1 atom stereocenters. The van der Waals surface area contributed by atoms with Gasteiger partial charge in [0.25, 0.3) is 0 Å². The molecule has 25 heavy (non-hydrogen) atoms. The quantitative estimate of drug-likeness (QED) is 0.733. The number of nitrogens with one attached hydrogen (secondary N) is 1. The lowest BCUT2D eigenvalue weighted by atomic mass is 10.2. The molecule has 128 valence electrons. The van der Waals surface area contributed by atoms with Gasteiger partial charge in [-0.15, -0.1) is 5.10 Å². The van der Waals surface area contributed by atoms with Crippen LogP contribution in [0.15, 0.2) is 66.1 Å². The first kappa shape index (κ1) is 17.0. The third kappa shape index (κ3) is 4.37. The predicted molar refractivity (Wildman–Crippen MR) is 95.1 cm³/mol. The van der Waals surface area contributed by atoms with Crippen LogP contribution in [0.25, 0.3) is 11.8 Å². The highest BCUT2D eigenvalue weighted by Crippen LogP contribution is 2.15. The number of tetrazole rings is 1. The molecule has 2 aromatic carbocycles. The van der Waals surface area contributed by atoms with Crippen molar-refractivity contribution in [1.82, 2.24) is 24.9 Å². The first-order valence-corrected chi connectivity index (χ1v) is 9.19. The summed E-state index contributed by atoms with van der Waals surface area (Å²) >= 11 is 0. The normalized spacial score (nSPS) is 13.2. The Balaban J connectivity index is 1.77. The molecular weight excluding hydrogens is 338 g/mol. The third-order valence-corrected chi connectivity index (χ3v) is 4.64. The van der Waals surface area contributed by atoms with Crippen molar-refractivity contribution in [2.24, 2.45) is 0 Å². The first-order valence-electron chi connectivity index (χ1n) is 7.64. The maximum absolute atomic E-state index is 12.3. The monoisotopic (exact) mass is 355 g/mol. The van der Waals surface area contributed by atoms with E-state index in [0.29, 0.717) is 5.82 Å². The average molecular weight is 355 g/mol. The summed E-state index contributed by atoms with van der Waals surface area (Å²) in [7, 11) is -3.64. The summed E-state index contributed by atoms with van der Waals surface area (Å²) in [4.78, 5) is 0. The fourth-order valence-electron chi connectivity index (χ4n) is 2.29. The third-order valence-electron chi connectivity index (χ3n) is 3.46. The van der Waals surface area contributed by atoms with Crippen LogP contribution in [0.5, 0.6) is 0 Å². The smallest absolute Gasteiger partial charge is 0.208 e. The maximum atomic E-state index is 12.3. The van der Waals surface area contributed by atoms with Gasteiger partial charge in [0, 0.05) is 5.41 Å². The minimum Gasteiger partial charge on any atom is -0.208 e. The molecule has 0 bridgehead atoms. The zero-order valence-electron chi connectivity index (χ0n) is 13.5. The second kappa shape index (κ2) is 7.37. The molecule has 0 saturated heterocycles. The second-order valence-electron chi connectivity index (χ2n) is 5.38. The number of hydrogen-bond acceptors (Lipinski definition) is 5. The van der Waals surface area contributed by atoms with E-state index < -0.39 is 16.1 Å². The van der Waals surface area contributed by atoms with Crippen LogP contribution in [0.4, 0.5) is 0 Å². The number of sulfonamides is 1. The predicted octanol–water partition coefficient (Wildman–Crippen LogP) is 2.31. The van der Waals surface area contributed by atoms with Gasteiger partial charge in [0.05, 0.1) is 11.7 Å². The Morgan fingerprint density at radius 2 is 1.68 bits per heavy atom. The number of aromatic nitrogens is 4. The van der Waals surface area contributed by atoms with E-state index in [1.807, 2.05) is 60.7 Å². The van der Waals surface area contributed by atoms with Crippen molar-refractivity contribution >= 4 is 16.1 Å². The van der Waals surface area contributed by atoms with Crippen LogP contribution >= 0.6 is 0 Å². The topological polar surface area (TPSA) is 89.8 Å². The molecule has 8 heteroatoms. The van der Waals surface area contributed by atoms with Gasteiger partial charge in [-0.25, -0.2) is 13.1 Å². The summed E-state index contributed by atoms with van der Waals surface area (Å²) in [6.45, 7) is 1.69. The summed E-state index contributed by atoms with van der Waals surface area (Å²) < 4.78 is 28.6. The molecule has 0 radical (unpaired) electrons. The van der Waals surface area contributed by atoms with Crippen molar-refractivity contribution in [3.05, 3.63) is 77.5 Å².